The Bertz CT molecular complexity index is 1790. The summed E-state index contributed by atoms with van der Waals surface area (Å²) >= 11 is 1.25. The zero-order valence-corrected chi connectivity index (χ0v) is 24.8. The molecule has 0 fully saturated rings. The fourth-order valence-corrected chi connectivity index (χ4v) is 5.89. The number of nitrogens with zero attached hydrogens (tertiary/aromatic N) is 2. The van der Waals surface area contributed by atoms with Gasteiger partial charge in [-0.05, 0) is 56.2 Å². The highest BCUT2D eigenvalue weighted by Crippen LogP contribution is 2.33. The third kappa shape index (κ3) is 5.87. The Morgan fingerprint density at radius 1 is 0.976 bits per heavy atom. The minimum Gasteiger partial charge on any atom is -0.494 e. The van der Waals surface area contributed by atoms with E-state index < -0.39 is 12.0 Å². The number of allylic oxidation sites excluding steroid dienone is 1. The highest BCUT2D eigenvalue weighted by atomic mass is 32.1. The number of hydrogen-bond donors (Lipinski definition) is 0. The molecule has 5 rings (SSSR count). The van der Waals surface area contributed by atoms with Crippen LogP contribution in [0.3, 0.4) is 0 Å². The zero-order chi connectivity index (χ0) is 29.6. The fourth-order valence-electron chi connectivity index (χ4n) is 4.85. The number of esters is 1. The second kappa shape index (κ2) is 12.9. The maximum Gasteiger partial charge on any atom is 0.338 e. The van der Waals surface area contributed by atoms with Gasteiger partial charge in [0.15, 0.2) is 16.3 Å². The molecular formula is C33H32N2O6S. The maximum atomic E-state index is 14.1. The lowest BCUT2D eigenvalue weighted by Crippen LogP contribution is -2.39. The number of hydrogen-bond acceptors (Lipinski definition) is 8. The van der Waals surface area contributed by atoms with E-state index in [-0.39, 0.29) is 12.2 Å². The molecule has 0 N–H and O–H groups in total. The number of methoxy groups -OCH3 is 1. The minimum atomic E-state index is -0.711. The van der Waals surface area contributed by atoms with E-state index in [4.69, 9.17) is 18.9 Å². The van der Waals surface area contributed by atoms with Crippen molar-refractivity contribution >= 4 is 23.4 Å². The van der Waals surface area contributed by atoms with E-state index >= 15 is 0 Å². The third-order valence-electron chi connectivity index (χ3n) is 6.77. The summed E-state index contributed by atoms with van der Waals surface area (Å²) in [5.41, 5.74) is 3.00. The molecule has 3 aromatic carbocycles. The Balaban J connectivity index is 1.63. The van der Waals surface area contributed by atoms with Crippen LogP contribution in [0.5, 0.6) is 17.2 Å². The molecule has 4 aromatic rings. The summed E-state index contributed by atoms with van der Waals surface area (Å²) in [5, 5.41) is 0. The fraction of sp³-hybridized carbons (Fsp3) is 0.242. The lowest BCUT2D eigenvalue weighted by atomic mass is 9.96. The van der Waals surface area contributed by atoms with Crippen LogP contribution < -0.4 is 29.1 Å². The van der Waals surface area contributed by atoms with Crippen LogP contribution in [0.2, 0.25) is 0 Å². The van der Waals surface area contributed by atoms with Gasteiger partial charge in [0, 0.05) is 5.56 Å². The van der Waals surface area contributed by atoms with Gasteiger partial charge in [0.25, 0.3) is 5.56 Å². The van der Waals surface area contributed by atoms with Gasteiger partial charge in [0.2, 0.25) is 0 Å². The topological polar surface area (TPSA) is 88.4 Å². The van der Waals surface area contributed by atoms with E-state index in [9.17, 15) is 9.59 Å². The summed E-state index contributed by atoms with van der Waals surface area (Å²) in [4.78, 5) is 32.4. The van der Waals surface area contributed by atoms with Gasteiger partial charge >= 0.3 is 5.97 Å². The van der Waals surface area contributed by atoms with Gasteiger partial charge in [-0.25, -0.2) is 9.79 Å². The molecule has 0 unspecified atom stereocenters. The number of thiazole rings is 1. The van der Waals surface area contributed by atoms with Crippen molar-refractivity contribution in [1.82, 2.24) is 4.57 Å². The van der Waals surface area contributed by atoms with Crippen LogP contribution in [0.1, 0.15) is 43.5 Å². The standard InChI is InChI=1S/C33H32N2O6S/c1-5-39-25-17-15-23(16-18-25)29-28(32(37)40-6-2)21(3)34-33-35(29)31(36)27(42-33)19-24-13-10-14-26(38-4)30(24)41-20-22-11-8-7-9-12-22/h7-19,29H,5-6,20H2,1-4H3/b27-19-/t29-/m1/s1. The van der Waals surface area contributed by atoms with Crippen molar-refractivity contribution in [3.63, 3.8) is 0 Å². The lowest BCUT2D eigenvalue weighted by Gasteiger charge is -2.24. The van der Waals surface area contributed by atoms with E-state index in [0.717, 1.165) is 11.1 Å². The van der Waals surface area contributed by atoms with E-state index in [1.54, 1.807) is 31.6 Å². The molecule has 0 spiro atoms. The normalized spacial score (nSPS) is 14.7. The number of para-hydroxylation sites is 1. The van der Waals surface area contributed by atoms with Crippen LogP contribution in [0, 0.1) is 0 Å². The Labute approximate surface area is 247 Å². The minimum absolute atomic E-state index is 0.206. The van der Waals surface area contributed by atoms with Crippen LogP contribution in [0.25, 0.3) is 6.08 Å². The van der Waals surface area contributed by atoms with Gasteiger partial charge in [-0.15, -0.1) is 0 Å². The molecule has 1 aliphatic rings. The van der Waals surface area contributed by atoms with Gasteiger partial charge in [0.05, 0.1) is 42.2 Å². The average molecular weight is 585 g/mol. The summed E-state index contributed by atoms with van der Waals surface area (Å²) in [6, 6.07) is 22.1. The molecule has 1 aromatic heterocycles. The van der Waals surface area contributed by atoms with E-state index in [0.29, 0.717) is 56.6 Å². The molecule has 0 radical (unpaired) electrons. The second-order valence-corrected chi connectivity index (χ2v) is 10.5. The van der Waals surface area contributed by atoms with Crippen molar-refractivity contribution < 1.29 is 23.7 Å². The van der Waals surface area contributed by atoms with Crippen LogP contribution in [-0.4, -0.2) is 30.9 Å². The summed E-state index contributed by atoms with van der Waals surface area (Å²) in [5.74, 6) is 1.28. The quantitative estimate of drug-likeness (QED) is 0.249. The molecule has 2 heterocycles. The molecular weight excluding hydrogens is 552 g/mol. The molecule has 0 saturated carbocycles. The summed E-state index contributed by atoms with van der Waals surface area (Å²) in [6.45, 7) is 6.50. The highest BCUT2D eigenvalue weighted by Gasteiger charge is 2.33. The van der Waals surface area contributed by atoms with E-state index in [1.165, 1.54) is 11.3 Å². The smallest absolute Gasteiger partial charge is 0.338 e. The van der Waals surface area contributed by atoms with Crippen LogP contribution in [-0.2, 0) is 16.1 Å². The van der Waals surface area contributed by atoms with Crippen LogP contribution in [0.4, 0.5) is 0 Å². The molecule has 1 atom stereocenters. The molecule has 1 aliphatic heterocycles. The van der Waals surface area contributed by atoms with Crippen LogP contribution in [0.15, 0.2) is 93.9 Å². The van der Waals surface area contributed by atoms with Crippen molar-refractivity contribution in [3.05, 3.63) is 120 Å². The number of benzene rings is 3. The van der Waals surface area contributed by atoms with Crippen molar-refractivity contribution in [2.24, 2.45) is 4.99 Å². The second-order valence-electron chi connectivity index (χ2n) is 9.46. The largest absolute Gasteiger partial charge is 0.494 e. The Hall–Kier alpha value is -4.63. The number of rotatable bonds is 10. The molecule has 9 heteroatoms. The van der Waals surface area contributed by atoms with Crippen molar-refractivity contribution in [2.75, 3.05) is 20.3 Å². The number of aromatic nitrogens is 1. The van der Waals surface area contributed by atoms with Gasteiger partial charge in [-0.3, -0.25) is 9.36 Å². The monoisotopic (exact) mass is 584 g/mol. The first kappa shape index (κ1) is 28.9. The predicted octanol–water partition coefficient (Wildman–Crippen LogP) is 4.78. The highest BCUT2D eigenvalue weighted by molar-refractivity contribution is 7.07. The SMILES string of the molecule is CCOC(=O)C1=C(C)N=c2s/c(=C\c3cccc(OC)c3OCc3ccccc3)c(=O)n2[C@@H]1c1ccc(OCC)cc1. The van der Waals surface area contributed by atoms with Gasteiger partial charge in [-0.2, -0.15) is 0 Å². The van der Waals surface area contributed by atoms with Gasteiger partial charge in [-0.1, -0.05) is 65.9 Å². The van der Waals surface area contributed by atoms with Crippen molar-refractivity contribution in [2.45, 2.75) is 33.4 Å². The molecule has 0 saturated heterocycles. The number of ether oxygens (including phenoxy) is 4. The first-order chi connectivity index (χ1) is 20.4. The summed E-state index contributed by atoms with van der Waals surface area (Å²) < 4.78 is 24.8. The van der Waals surface area contributed by atoms with E-state index in [1.807, 2.05) is 79.7 Å². The number of carbonyl (C=O) groups is 1. The van der Waals surface area contributed by atoms with Crippen molar-refractivity contribution in [1.29, 1.82) is 0 Å². The average Bonchev–Trinajstić information content (AvgIpc) is 3.30. The maximum absolute atomic E-state index is 14.1. The first-order valence-corrected chi connectivity index (χ1v) is 14.5. The molecule has 42 heavy (non-hydrogen) atoms. The third-order valence-corrected chi connectivity index (χ3v) is 7.75. The molecule has 0 bridgehead atoms. The van der Waals surface area contributed by atoms with Crippen molar-refractivity contribution in [3.8, 4) is 17.2 Å². The predicted molar refractivity (Wildman–Crippen MR) is 162 cm³/mol. The number of carbonyl (C=O) groups excluding carboxylic acids is 1. The lowest BCUT2D eigenvalue weighted by molar-refractivity contribution is -0.139. The molecule has 8 nitrogen and oxygen atoms in total. The molecule has 0 aliphatic carbocycles. The Morgan fingerprint density at radius 2 is 1.74 bits per heavy atom. The van der Waals surface area contributed by atoms with Gasteiger partial charge in [0.1, 0.15) is 12.4 Å². The van der Waals surface area contributed by atoms with Gasteiger partial charge < -0.3 is 18.9 Å². The first-order valence-electron chi connectivity index (χ1n) is 13.7. The summed E-state index contributed by atoms with van der Waals surface area (Å²) in [7, 11) is 1.58. The Morgan fingerprint density at radius 3 is 2.43 bits per heavy atom. The molecule has 216 valence electrons. The van der Waals surface area contributed by atoms with Crippen LogP contribution >= 0.6 is 11.3 Å². The van der Waals surface area contributed by atoms with E-state index in [2.05, 4.69) is 4.99 Å². The zero-order valence-electron chi connectivity index (χ0n) is 24.0. The number of fused-ring (bicyclic) bond motifs is 1. The molecule has 0 amide bonds. The summed E-state index contributed by atoms with van der Waals surface area (Å²) in [6.07, 6.45) is 1.78. The Kier molecular flexibility index (Phi) is 8.88.